The lowest BCUT2D eigenvalue weighted by Gasteiger charge is -2.25. The van der Waals surface area contributed by atoms with Gasteiger partial charge in [-0.25, -0.2) is 9.98 Å². The molecule has 0 unspecified atom stereocenters. The average Bonchev–Trinajstić information content (AvgIpc) is 3.04. The topological polar surface area (TPSA) is 174 Å². The number of guanidine groups is 1. The SMILES string of the molecule is Cn1ccc2c(N/C(=N/C(N)=N[C@@H]3CCCC[C@@H]3N)C(=N)C(N)=O)ccnc21. The standard InChI is InChI=1S/C18H25N9O/c1-27-9-7-10-12(6-8-23-17(10)27)24-16(14(20)15(21)28)26-18(22)25-13-5-3-2-4-11(13)19/h6-9,11,13,20H,2-5,19H2,1H3,(H2,21,28)(H3,22,23,24,25,26)/t11-,13+/m0/s1. The summed E-state index contributed by atoms with van der Waals surface area (Å²) < 4.78 is 1.86. The number of nitrogens with one attached hydrogen (secondary N) is 2. The molecule has 2 aromatic heterocycles. The first kappa shape index (κ1) is 19.5. The molecule has 2 heterocycles. The van der Waals surface area contributed by atoms with Gasteiger partial charge in [-0.1, -0.05) is 12.8 Å². The molecule has 0 spiro atoms. The van der Waals surface area contributed by atoms with Crippen molar-refractivity contribution >= 4 is 40.1 Å². The third-order valence-electron chi connectivity index (χ3n) is 4.81. The van der Waals surface area contributed by atoms with Crippen LogP contribution in [-0.2, 0) is 11.8 Å². The van der Waals surface area contributed by atoms with Crippen LogP contribution < -0.4 is 22.5 Å². The zero-order valence-electron chi connectivity index (χ0n) is 15.7. The molecule has 0 radical (unpaired) electrons. The number of nitrogens with zero attached hydrogens (tertiary/aromatic N) is 4. The molecule has 148 valence electrons. The molecule has 1 aliphatic rings. The number of carbonyl (C=O) groups excluding carboxylic acids is 1. The number of nitrogens with two attached hydrogens (primary N) is 3. The Labute approximate surface area is 162 Å². The van der Waals surface area contributed by atoms with Gasteiger partial charge in [-0.05, 0) is 25.0 Å². The summed E-state index contributed by atoms with van der Waals surface area (Å²) in [6, 6.07) is 3.40. The molecule has 0 bridgehead atoms. The van der Waals surface area contributed by atoms with Crippen molar-refractivity contribution in [3.8, 4) is 0 Å². The Morgan fingerprint density at radius 2 is 2.07 bits per heavy atom. The van der Waals surface area contributed by atoms with Crippen molar-refractivity contribution in [3.63, 3.8) is 0 Å². The van der Waals surface area contributed by atoms with Gasteiger partial charge in [0, 0.05) is 30.9 Å². The van der Waals surface area contributed by atoms with Crippen LogP contribution >= 0.6 is 0 Å². The largest absolute Gasteiger partial charge is 0.368 e. The van der Waals surface area contributed by atoms with E-state index in [2.05, 4.69) is 20.3 Å². The summed E-state index contributed by atoms with van der Waals surface area (Å²) >= 11 is 0. The van der Waals surface area contributed by atoms with Crippen LogP contribution in [0.2, 0.25) is 0 Å². The van der Waals surface area contributed by atoms with E-state index >= 15 is 0 Å². The highest BCUT2D eigenvalue weighted by atomic mass is 16.1. The van der Waals surface area contributed by atoms with E-state index < -0.39 is 11.6 Å². The number of hydrogen-bond acceptors (Lipinski definition) is 5. The number of carbonyl (C=O) groups is 1. The van der Waals surface area contributed by atoms with Crippen molar-refractivity contribution in [3.05, 3.63) is 24.5 Å². The molecule has 10 nitrogen and oxygen atoms in total. The number of aryl methyl sites for hydroxylation is 1. The number of aromatic nitrogens is 2. The third kappa shape index (κ3) is 4.17. The number of pyridine rings is 1. The fourth-order valence-electron chi connectivity index (χ4n) is 3.28. The van der Waals surface area contributed by atoms with E-state index in [1.165, 1.54) is 0 Å². The molecule has 8 N–H and O–H groups in total. The summed E-state index contributed by atoms with van der Waals surface area (Å²) in [6.45, 7) is 0. The molecular formula is C18H25N9O. The second kappa shape index (κ2) is 8.17. The summed E-state index contributed by atoms with van der Waals surface area (Å²) in [7, 11) is 1.87. The van der Waals surface area contributed by atoms with Gasteiger partial charge in [-0.3, -0.25) is 10.2 Å². The van der Waals surface area contributed by atoms with E-state index in [9.17, 15) is 4.79 Å². The van der Waals surface area contributed by atoms with Gasteiger partial charge in [0.15, 0.2) is 11.5 Å². The van der Waals surface area contributed by atoms with Crippen LogP contribution in [0.1, 0.15) is 25.7 Å². The number of amides is 1. The first-order valence-corrected chi connectivity index (χ1v) is 9.10. The monoisotopic (exact) mass is 383 g/mol. The predicted octanol–water partition coefficient (Wildman–Crippen LogP) is 0.473. The van der Waals surface area contributed by atoms with E-state index in [0.29, 0.717) is 5.69 Å². The first-order valence-electron chi connectivity index (χ1n) is 9.10. The van der Waals surface area contributed by atoms with Crippen LogP contribution in [0.15, 0.2) is 34.5 Å². The Kier molecular flexibility index (Phi) is 5.69. The van der Waals surface area contributed by atoms with Gasteiger partial charge in [0.25, 0.3) is 5.91 Å². The summed E-state index contributed by atoms with van der Waals surface area (Å²) in [5.74, 6) is -1.05. The molecule has 2 atom stereocenters. The van der Waals surface area contributed by atoms with Crippen LogP contribution in [-0.4, -0.2) is 45.0 Å². The highest BCUT2D eigenvalue weighted by molar-refractivity contribution is 6.68. The van der Waals surface area contributed by atoms with Gasteiger partial charge in [0.2, 0.25) is 5.96 Å². The zero-order valence-corrected chi connectivity index (χ0v) is 15.7. The van der Waals surface area contributed by atoms with Crippen LogP contribution in [0, 0.1) is 5.41 Å². The van der Waals surface area contributed by atoms with Crippen LogP contribution in [0.5, 0.6) is 0 Å². The van der Waals surface area contributed by atoms with E-state index in [1.54, 1.807) is 12.3 Å². The summed E-state index contributed by atoms with van der Waals surface area (Å²) in [6.07, 6.45) is 7.31. The Morgan fingerprint density at radius 1 is 1.32 bits per heavy atom. The van der Waals surface area contributed by atoms with Gasteiger partial charge in [0.1, 0.15) is 5.65 Å². The molecule has 0 saturated heterocycles. The zero-order chi connectivity index (χ0) is 20.3. The fourth-order valence-corrected chi connectivity index (χ4v) is 3.28. The number of amidine groups is 1. The second-order valence-corrected chi connectivity index (χ2v) is 6.85. The highest BCUT2D eigenvalue weighted by Gasteiger charge is 2.22. The van der Waals surface area contributed by atoms with E-state index in [4.69, 9.17) is 22.6 Å². The maximum absolute atomic E-state index is 11.6. The Bertz CT molecular complexity index is 959. The summed E-state index contributed by atoms with van der Waals surface area (Å²) in [5, 5.41) is 11.8. The molecule has 0 aliphatic heterocycles. The lowest BCUT2D eigenvalue weighted by molar-refractivity contribution is -0.111. The second-order valence-electron chi connectivity index (χ2n) is 6.85. The van der Waals surface area contributed by atoms with Crippen LogP contribution in [0.25, 0.3) is 11.0 Å². The van der Waals surface area contributed by atoms with Crippen molar-refractivity contribution in [1.82, 2.24) is 9.55 Å². The smallest absolute Gasteiger partial charge is 0.270 e. The van der Waals surface area contributed by atoms with Gasteiger partial charge >= 0.3 is 0 Å². The van der Waals surface area contributed by atoms with Crippen molar-refractivity contribution in [1.29, 1.82) is 5.41 Å². The minimum Gasteiger partial charge on any atom is -0.368 e. The average molecular weight is 383 g/mol. The number of aliphatic imine (C=N–C) groups is 2. The number of hydrogen-bond donors (Lipinski definition) is 5. The van der Waals surface area contributed by atoms with Gasteiger partial charge in [-0.15, -0.1) is 0 Å². The molecule has 1 fully saturated rings. The van der Waals surface area contributed by atoms with Crippen LogP contribution in [0.3, 0.4) is 0 Å². The maximum atomic E-state index is 11.6. The molecule has 1 aliphatic carbocycles. The molecule has 3 rings (SSSR count). The van der Waals surface area contributed by atoms with Gasteiger partial charge in [0.05, 0.1) is 11.7 Å². The quantitative estimate of drug-likeness (QED) is 0.380. The normalized spacial score (nSPS) is 20.9. The van der Waals surface area contributed by atoms with Crippen molar-refractivity contribution in [2.75, 3.05) is 5.32 Å². The molecular weight excluding hydrogens is 358 g/mol. The molecule has 0 aromatic carbocycles. The first-order chi connectivity index (χ1) is 13.4. The van der Waals surface area contributed by atoms with Gasteiger partial charge in [-0.2, -0.15) is 4.99 Å². The lowest BCUT2D eigenvalue weighted by atomic mass is 9.91. The van der Waals surface area contributed by atoms with Crippen molar-refractivity contribution in [2.24, 2.45) is 34.2 Å². The minimum atomic E-state index is -0.924. The molecule has 1 saturated carbocycles. The third-order valence-corrected chi connectivity index (χ3v) is 4.81. The Morgan fingerprint density at radius 3 is 2.79 bits per heavy atom. The number of fused-ring (bicyclic) bond motifs is 1. The number of anilines is 1. The minimum absolute atomic E-state index is 0.0470. The van der Waals surface area contributed by atoms with E-state index in [0.717, 1.165) is 36.7 Å². The predicted molar refractivity (Wildman–Crippen MR) is 111 cm³/mol. The van der Waals surface area contributed by atoms with Crippen molar-refractivity contribution in [2.45, 2.75) is 37.8 Å². The highest BCUT2D eigenvalue weighted by Crippen LogP contribution is 2.22. The molecule has 2 aromatic rings. The summed E-state index contributed by atoms with van der Waals surface area (Å²) in [5.41, 5.74) is 18.2. The fraction of sp³-hybridized carbons (Fsp3) is 0.389. The molecule has 1 amide bonds. The Balaban J connectivity index is 1.93. The van der Waals surface area contributed by atoms with E-state index in [-0.39, 0.29) is 23.9 Å². The Hall–Kier alpha value is -3.27. The molecule has 28 heavy (non-hydrogen) atoms. The van der Waals surface area contributed by atoms with Crippen LogP contribution in [0.4, 0.5) is 5.69 Å². The number of rotatable bonds is 4. The maximum Gasteiger partial charge on any atom is 0.270 e. The van der Waals surface area contributed by atoms with Gasteiger partial charge < -0.3 is 27.1 Å². The summed E-state index contributed by atoms with van der Waals surface area (Å²) in [4.78, 5) is 24.4. The van der Waals surface area contributed by atoms with Crippen molar-refractivity contribution < 1.29 is 4.79 Å². The molecule has 10 heteroatoms. The van der Waals surface area contributed by atoms with E-state index in [1.807, 2.05) is 23.9 Å². The lowest BCUT2D eigenvalue weighted by Crippen LogP contribution is -2.38. The number of primary amides is 1.